The number of aryl methyl sites for hydroxylation is 1. The average Bonchev–Trinajstić information content (AvgIpc) is 2.17. The minimum absolute atomic E-state index is 0.01000. The van der Waals surface area contributed by atoms with Crippen LogP contribution in [0.4, 0.5) is 13.2 Å². The Labute approximate surface area is 94.1 Å². The molecule has 2 rings (SSSR count). The first-order chi connectivity index (χ1) is 7.39. The smallest absolute Gasteiger partial charge is 0.248 e. The van der Waals surface area contributed by atoms with Gasteiger partial charge >= 0.3 is 6.18 Å². The van der Waals surface area contributed by atoms with Gasteiger partial charge in [-0.3, -0.25) is 0 Å². The van der Waals surface area contributed by atoms with E-state index in [0.29, 0.717) is 5.69 Å². The van der Waals surface area contributed by atoms with Crippen LogP contribution in [0.2, 0.25) is 5.15 Å². The van der Waals surface area contributed by atoms with Crippen LogP contribution in [-0.2, 0) is 6.18 Å². The summed E-state index contributed by atoms with van der Waals surface area (Å²) in [6, 6.07) is 3.73. The summed E-state index contributed by atoms with van der Waals surface area (Å²) in [7, 11) is 0. The fourth-order valence-corrected chi connectivity index (χ4v) is 1.50. The second kappa shape index (κ2) is 3.59. The highest BCUT2D eigenvalue weighted by molar-refractivity contribution is 6.30. The molecule has 2 aromatic rings. The van der Waals surface area contributed by atoms with Gasteiger partial charge in [0.15, 0.2) is 5.15 Å². The molecule has 6 heteroatoms. The van der Waals surface area contributed by atoms with Crippen molar-refractivity contribution in [2.75, 3.05) is 0 Å². The third-order valence-corrected chi connectivity index (χ3v) is 2.47. The molecule has 0 atom stereocenters. The predicted octanol–water partition coefficient (Wildman–Crippen LogP) is 3.61. The second-order valence-electron chi connectivity index (χ2n) is 3.27. The lowest BCUT2D eigenvalue weighted by Gasteiger charge is -2.09. The summed E-state index contributed by atoms with van der Waals surface area (Å²) in [5, 5.41) is -0.01000. The van der Waals surface area contributed by atoms with Crippen LogP contribution in [0, 0.1) is 6.92 Å². The van der Waals surface area contributed by atoms with Crippen LogP contribution < -0.4 is 0 Å². The van der Waals surface area contributed by atoms with Gasteiger partial charge in [0, 0.05) is 0 Å². The molecule has 0 fully saturated rings. The lowest BCUT2D eigenvalue weighted by atomic mass is 10.1. The number of nitrogens with zero attached hydrogens (tertiary/aromatic N) is 2. The number of para-hydroxylation sites is 1. The molecule has 0 aliphatic heterocycles. The summed E-state index contributed by atoms with van der Waals surface area (Å²) in [6.45, 7) is 1.59. The van der Waals surface area contributed by atoms with Gasteiger partial charge in [-0.2, -0.15) is 13.2 Å². The molecule has 16 heavy (non-hydrogen) atoms. The van der Waals surface area contributed by atoms with Crippen LogP contribution in [0.15, 0.2) is 18.2 Å². The summed E-state index contributed by atoms with van der Waals surface area (Å²) in [6.07, 6.45) is -4.45. The number of benzene rings is 1. The monoisotopic (exact) mass is 246 g/mol. The van der Waals surface area contributed by atoms with Crippen molar-refractivity contribution < 1.29 is 13.2 Å². The van der Waals surface area contributed by atoms with E-state index in [2.05, 4.69) is 9.97 Å². The van der Waals surface area contributed by atoms with Gasteiger partial charge in [-0.15, -0.1) is 0 Å². The molecule has 0 spiro atoms. The summed E-state index contributed by atoms with van der Waals surface area (Å²) < 4.78 is 37.9. The van der Waals surface area contributed by atoms with E-state index in [0.717, 1.165) is 6.07 Å². The van der Waals surface area contributed by atoms with Gasteiger partial charge in [0.05, 0.1) is 16.8 Å². The van der Waals surface area contributed by atoms with Crippen LogP contribution in [0.25, 0.3) is 11.0 Å². The fraction of sp³-hybridized carbons (Fsp3) is 0.200. The first kappa shape index (κ1) is 11.1. The zero-order chi connectivity index (χ0) is 11.9. The number of aromatic nitrogens is 2. The van der Waals surface area contributed by atoms with Crippen molar-refractivity contribution in [3.63, 3.8) is 0 Å². The van der Waals surface area contributed by atoms with Crippen molar-refractivity contribution in [3.8, 4) is 0 Å². The number of halogens is 4. The Hall–Kier alpha value is -1.36. The van der Waals surface area contributed by atoms with Crippen molar-refractivity contribution in [2.45, 2.75) is 13.1 Å². The average molecular weight is 247 g/mol. The standard InChI is InChI=1S/C10H6ClF3N2/c1-5-9(11)16-8-6(10(12,13)14)3-2-4-7(8)15-5/h2-4H,1H3. The van der Waals surface area contributed by atoms with Crippen LogP contribution in [0.1, 0.15) is 11.3 Å². The Bertz CT molecular complexity index is 551. The Morgan fingerprint density at radius 1 is 1.19 bits per heavy atom. The lowest BCUT2D eigenvalue weighted by Crippen LogP contribution is -2.07. The molecule has 2 nitrogen and oxygen atoms in total. The Morgan fingerprint density at radius 2 is 1.88 bits per heavy atom. The third kappa shape index (κ3) is 1.82. The molecule has 0 N–H and O–H groups in total. The maximum absolute atomic E-state index is 12.6. The molecule has 0 amide bonds. The van der Waals surface area contributed by atoms with E-state index in [1.807, 2.05) is 0 Å². The zero-order valence-electron chi connectivity index (χ0n) is 8.14. The first-order valence-electron chi connectivity index (χ1n) is 4.39. The normalized spacial score (nSPS) is 12.1. The fourth-order valence-electron chi connectivity index (χ4n) is 1.37. The summed E-state index contributed by atoms with van der Waals surface area (Å²) in [4.78, 5) is 7.68. The highest BCUT2D eigenvalue weighted by Gasteiger charge is 2.33. The van der Waals surface area contributed by atoms with Gasteiger partial charge in [-0.25, -0.2) is 9.97 Å². The lowest BCUT2D eigenvalue weighted by molar-refractivity contribution is -0.136. The number of fused-ring (bicyclic) bond motifs is 1. The molecule has 84 valence electrons. The van der Waals surface area contributed by atoms with Gasteiger partial charge in [0.2, 0.25) is 0 Å². The molecule has 0 saturated heterocycles. The zero-order valence-corrected chi connectivity index (χ0v) is 8.89. The highest BCUT2D eigenvalue weighted by atomic mass is 35.5. The highest BCUT2D eigenvalue weighted by Crippen LogP contribution is 2.33. The molecule has 1 aromatic carbocycles. The van der Waals surface area contributed by atoms with Gasteiger partial charge in [-0.1, -0.05) is 17.7 Å². The van der Waals surface area contributed by atoms with Gasteiger partial charge in [0.1, 0.15) is 5.52 Å². The van der Waals surface area contributed by atoms with Crippen molar-refractivity contribution in [1.29, 1.82) is 0 Å². The van der Waals surface area contributed by atoms with Crippen LogP contribution >= 0.6 is 11.6 Å². The van der Waals surface area contributed by atoms with E-state index < -0.39 is 11.7 Å². The van der Waals surface area contributed by atoms with Gasteiger partial charge in [-0.05, 0) is 19.1 Å². The van der Waals surface area contributed by atoms with Gasteiger partial charge in [0.25, 0.3) is 0 Å². The van der Waals surface area contributed by atoms with E-state index in [-0.39, 0.29) is 16.2 Å². The maximum Gasteiger partial charge on any atom is 0.418 e. The SMILES string of the molecule is Cc1nc2cccc(C(F)(F)F)c2nc1Cl. The molecule has 0 unspecified atom stereocenters. The van der Waals surface area contributed by atoms with Crippen molar-refractivity contribution in [1.82, 2.24) is 9.97 Å². The minimum atomic E-state index is -4.45. The molecule has 0 bridgehead atoms. The van der Waals surface area contributed by atoms with Crippen molar-refractivity contribution >= 4 is 22.6 Å². The third-order valence-electron chi connectivity index (χ3n) is 2.12. The number of hydrogen-bond acceptors (Lipinski definition) is 2. The molecular formula is C10H6ClF3N2. The van der Waals surface area contributed by atoms with E-state index in [4.69, 9.17) is 11.6 Å². The number of hydrogen-bond donors (Lipinski definition) is 0. The van der Waals surface area contributed by atoms with E-state index in [1.54, 1.807) is 6.92 Å². The number of alkyl halides is 3. The molecule has 0 aliphatic rings. The molecule has 0 radical (unpaired) electrons. The Kier molecular flexibility index (Phi) is 2.50. The molecule has 1 aromatic heterocycles. The quantitative estimate of drug-likeness (QED) is 0.710. The second-order valence-corrected chi connectivity index (χ2v) is 3.63. The van der Waals surface area contributed by atoms with E-state index >= 15 is 0 Å². The largest absolute Gasteiger partial charge is 0.418 e. The predicted molar refractivity (Wildman–Crippen MR) is 54.3 cm³/mol. The molecule has 0 saturated carbocycles. The van der Waals surface area contributed by atoms with Crippen molar-refractivity contribution in [2.24, 2.45) is 0 Å². The number of rotatable bonds is 0. The van der Waals surface area contributed by atoms with Crippen molar-refractivity contribution in [3.05, 3.63) is 34.6 Å². The van der Waals surface area contributed by atoms with Gasteiger partial charge < -0.3 is 0 Å². The summed E-state index contributed by atoms with van der Waals surface area (Å²) >= 11 is 5.67. The molecule has 0 aliphatic carbocycles. The summed E-state index contributed by atoms with van der Waals surface area (Å²) in [5.74, 6) is 0. The molecule has 1 heterocycles. The first-order valence-corrected chi connectivity index (χ1v) is 4.77. The molecular weight excluding hydrogens is 241 g/mol. The van der Waals surface area contributed by atoms with Crippen LogP contribution in [0.3, 0.4) is 0 Å². The summed E-state index contributed by atoms with van der Waals surface area (Å²) in [5.41, 5.74) is -0.435. The minimum Gasteiger partial charge on any atom is -0.248 e. The van der Waals surface area contributed by atoms with E-state index in [9.17, 15) is 13.2 Å². The Balaban J connectivity index is 2.82. The maximum atomic E-state index is 12.6. The van der Waals surface area contributed by atoms with E-state index in [1.165, 1.54) is 12.1 Å². The van der Waals surface area contributed by atoms with Crippen LogP contribution in [0.5, 0.6) is 0 Å². The van der Waals surface area contributed by atoms with Crippen LogP contribution in [-0.4, -0.2) is 9.97 Å². The topological polar surface area (TPSA) is 25.8 Å². The Morgan fingerprint density at radius 3 is 2.50 bits per heavy atom.